The van der Waals surface area contributed by atoms with Crippen LogP contribution in [0, 0.1) is 0 Å². The molecule has 0 saturated carbocycles. The molecule has 2 aromatic carbocycles. The fourth-order valence-corrected chi connectivity index (χ4v) is 3.03. The summed E-state index contributed by atoms with van der Waals surface area (Å²) in [5.74, 6) is 0.172. The van der Waals surface area contributed by atoms with E-state index in [1.54, 1.807) is 24.3 Å². The van der Waals surface area contributed by atoms with Crippen LogP contribution in [0.1, 0.15) is 6.92 Å². The van der Waals surface area contributed by atoms with Gasteiger partial charge in [0, 0.05) is 17.3 Å². The van der Waals surface area contributed by atoms with Gasteiger partial charge >= 0.3 is 0 Å². The van der Waals surface area contributed by atoms with Gasteiger partial charge in [0.05, 0.1) is 4.90 Å². The first kappa shape index (κ1) is 18.1. The zero-order chi connectivity index (χ0) is 17.6. The quantitative estimate of drug-likeness (QED) is 0.786. The number of carbonyl (C=O) groups excluding carboxylic acids is 1. The third kappa shape index (κ3) is 5.14. The molecule has 0 aromatic heterocycles. The SMILES string of the molecule is CCNC(=O)COc1ccc(S(=O)(=O)Nc2ccc(Cl)cc2)cc1. The van der Waals surface area contributed by atoms with E-state index < -0.39 is 10.0 Å². The Balaban J connectivity index is 2.03. The average molecular weight is 369 g/mol. The van der Waals surface area contributed by atoms with E-state index in [9.17, 15) is 13.2 Å². The number of halogens is 1. The zero-order valence-corrected chi connectivity index (χ0v) is 14.5. The highest BCUT2D eigenvalue weighted by Crippen LogP contribution is 2.20. The summed E-state index contributed by atoms with van der Waals surface area (Å²) in [5, 5.41) is 3.12. The van der Waals surface area contributed by atoms with Crippen LogP contribution >= 0.6 is 11.6 Å². The van der Waals surface area contributed by atoms with Gasteiger partial charge in [-0.15, -0.1) is 0 Å². The number of sulfonamides is 1. The van der Waals surface area contributed by atoms with E-state index in [0.29, 0.717) is 23.0 Å². The zero-order valence-electron chi connectivity index (χ0n) is 13.0. The van der Waals surface area contributed by atoms with E-state index in [1.165, 1.54) is 24.3 Å². The van der Waals surface area contributed by atoms with Gasteiger partial charge in [0.25, 0.3) is 15.9 Å². The van der Waals surface area contributed by atoms with Gasteiger partial charge in [0.2, 0.25) is 0 Å². The highest BCUT2D eigenvalue weighted by molar-refractivity contribution is 7.92. The van der Waals surface area contributed by atoms with E-state index in [4.69, 9.17) is 16.3 Å². The number of benzene rings is 2. The molecule has 0 heterocycles. The molecule has 0 aliphatic rings. The summed E-state index contributed by atoms with van der Waals surface area (Å²) < 4.78 is 32.3. The number of ether oxygens (including phenoxy) is 1. The van der Waals surface area contributed by atoms with Crippen LogP contribution in [0.5, 0.6) is 5.75 Å². The monoisotopic (exact) mass is 368 g/mol. The Morgan fingerprint density at radius 2 is 1.71 bits per heavy atom. The molecule has 0 unspecified atom stereocenters. The van der Waals surface area contributed by atoms with E-state index in [-0.39, 0.29) is 17.4 Å². The van der Waals surface area contributed by atoms with Crippen LogP contribution in [0.15, 0.2) is 53.4 Å². The van der Waals surface area contributed by atoms with Gasteiger partial charge in [0.15, 0.2) is 6.61 Å². The summed E-state index contributed by atoms with van der Waals surface area (Å²) >= 11 is 5.77. The van der Waals surface area contributed by atoms with E-state index >= 15 is 0 Å². The Morgan fingerprint density at radius 3 is 2.29 bits per heavy atom. The minimum Gasteiger partial charge on any atom is -0.484 e. The number of anilines is 1. The molecule has 24 heavy (non-hydrogen) atoms. The molecule has 0 aliphatic carbocycles. The van der Waals surface area contributed by atoms with E-state index in [0.717, 1.165) is 0 Å². The van der Waals surface area contributed by atoms with Gasteiger partial charge in [-0.2, -0.15) is 0 Å². The summed E-state index contributed by atoms with van der Waals surface area (Å²) in [6.45, 7) is 2.21. The van der Waals surface area contributed by atoms with Gasteiger partial charge in [-0.3, -0.25) is 9.52 Å². The minimum atomic E-state index is -3.71. The molecule has 0 bridgehead atoms. The first-order chi connectivity index (χ1) is 11.4. The number of amides is 1. The van der Waals surface area contributed by atoms with Crippen molar-refractivity contribution in [3.8, 4) is 5.75 Å². The van der Waals surface area contributed by atoms with Crippen molar-refractivity contribution in [1.82, 2.24) is 5.32 Å². The second kappa shape index (κ2) is 8.03. The fourth-order valence-electron chi connectivity index (χ4n) is 1.84. The second-order valence-corrected chi connectivity index (χ2v) is 6.94. The molecular weight excluding hydrogens is 352 g/mol. The third-order valence-corrected chi connectivity index (χ3v) is 4.62. The molecule has 8 heteroatoms. The van der Waals surface area contributed by atoms with Gasteiger partial charge < -0.3 is 10.1 Å². The first-order valence-electron chi connectivity index (χ1n) is 7.18. The Hall–Kier alpha value is -2.25. The Labute approximate surface area is 145 Å². The van der Waals surface area contributed by atoms with Crippen molar-refractivity contribution in [2.24, 2.45) is 0 Å². The predicted molar refractivity (Wildman–Crippen MR) is 92.9 cm³/mol. The molecule has 0 saturated heterocycles. The molecule has 1 amide bonds. The third-order valence-electron chi connectivity index (χ3n) is 2.97. The van der Waals surface area contributed by atoms with Crippen LogP contribution in [0.4, 0.5) is 5.69 Å². The van der Waals surface area contributed by atoms with Crippen molar-refractivity contribution in [1.29, 1.82) is 0 Å². The van der Waals surface area contributed by atoms with Crippen LogP contribution in [-0.4, -0.2) is 27.5 Å². The van der Waals surface area contributed by atoms with Crippen molar-refractivity contribution in [3.05, 3.63) is 53.6 Å². The summed E-state index contributed by atoms with van der Waals surface area (Å²) in [5.41, 5.74) is 0.413. The number of nitrogens with one attached hydrogen (secondary N) is 2. The molecule has 6 nitrogen and oxygen atoms in total. The highest BCUT2D eigenvalue weighted by Gasteiger charge is 2.14. The Bertz CT molecular complexity index is 790. The summed E-state index contributed by atoms with van der Waals surface area (Å²) in [6, 6.07) is 12.1. The molecular formula is C16H17ClN2O4S. The maximum absolute atomic E-state index is 12.3. The lowest BCUT2D eigenvalue weighted by atomic mass is 10.3. The Morgan fingerprint density at radius 1 is 1.08 bits per heavy atom. The maximum Gasteiger partial charge on any atom is 0.261 e. The number of hydrogen-bond acceptors (Lipinski definition) is 4. The lowest BCUT2D eigenvalue weighted by Crippen LogP contribution is -2.28. The van der Waals surface area contributed by atoms with Gasteiger partial charge in [-0.05, 0) is 55.5 Å². The molecule has 0 aliphatic heterocycles. The van der Waals surface area contributed by atoms with Gasteiger partial charge in [-0.1, -0.05) is 11.6 Å². The van der Waals surface area contributed by atoms with Crippen LogP contribution in [0.25, 0.3) is 0 Å². The smallest absolute Gasteiger partial charge is 0.261 e. The van der Waals surface area contributed by atoms with E-state index in [2.05, 4.69) is 10.0 Å². The molecule has 2 aromatic rings. The van der Waals surface area contributed by atoms with Crippen molar-refractivity contribution in [3.63, 3.8) is 0 Å². The molecule has 128 valence electrons. The molecule has 0 radical (unpaired) electrons. The second-order valence-electron chi connectivity index (χ2n) is 4.83. The number of carbonyl (C=O) groups is 1. The van der Waals surface area contributed by atoms with Crippen molar-refractivity contribution in [2.75, 3.05) is 17.9 Å². The van der Waals surface area contributed by atoms with Crippen molar-refractivity contribution < 1.29 is 17.9 Å². The standard InChI is InChI=1S/C16H17ClN2O4S/c1-2-18-16(20)11-23-14-7-9-15(10-8-14)24(21,22)19-13-5-3-12(17)4-6-13/h3-10,19H,2,11H2,1H3,(H,18,20). The Kier molecular flexibility index (Phi) is 6.05. The lowest BCUT2D eigenvalue weighted by Gasteiger charge is -2.10. The van der Waals surface area contributed by atoms with Gasteiger partial charge in [-0.25, -0.2) is 8.42 Å². The molecule has 0 spiro atoms. The largest absolute Gasteiger partial charge is 0.484 e. The molecule has 2 rings (SSSR count). The summed E-state index contributed by atoms with van der Waals surface area (Å²) in [7, 11) is -3.71. The van der Waals surface area contributed by atoms with Gasteiger partial charge in [0.1, 0.15) is 5.75 Å². The topological polar surface area (TPSA) is 84.5 Å². The highest BCUT2D eigenvalue weighted by atomic mass is 35.5. The lowest BCUT2D eigenvalue weighted by molar-refractivity contribution is -0.122. The normalized spacial score (nSPS) is 10.9. The minimum absolute atomic E-state index is 0.0859. The maximum atomic E-state index is 12.3. The van der Waals surface area contributed by atoms with Crippen molar-refractivity contribution in [2.45, 2.75) is 11.8 Å². The first-order valence-corrected chi connectivity index (χ1v) is 9.05. The predicted octanol–water partition coefficient (Wildman–Crippen LogP) is 2.66. The average Bonchev–Trinajstić information content (AvgIpc) is 2.56. The molecule has 0 atom stereocenters. The van der Waals surface area contributed by atoms with Crippen LogP contribution in [-0.2, 0) is 14.8 Å². The summed E-state index contributed by atoms with van der Waals surface area (Å²) in [4.78, 5) is 11.4. The molecule has 0 fully saturated rings. The number of likely N-dealkylation sites (N-methyl/N-ethyl adjacent to an activating group) is 1. The van der Waals surface area contributed by atoms with Crippen LogP contribution < -0.4 is 14.8 Å². The van der Waals surface area contributed by atoms with E-state index in [1.807, 2.05) is 6.92 Å². The van der Waals surface area contributed by atoms with Crippen molar-refractivity contribution >= 4 is 33.2 Å². The van der Waals surface area contributed by atoms with Crippen LogP contribution in [0.2, 0.25) is 5.02 Å². The molecule has 2 N–H and O–H groups in total. The number of hydrogen-bond donors (Lipinski definition) is 2. The summed E-state index contributed by atoms with van der Waals surface area (Å²) in [6.07, 6.45) is 0. The fraction of sp³-hybridized carbons (Fsp3) is 0.188. The number of rotatable bonds is 7. The van der Waals surface area contributed by atoms with Crippen LogP contribution in [0.3, 0.4) is 0 Å².